The van der Waals surface area contributed by atoms with Gasteiger partial charge in [-0.2, -0.15) is 0 Å². The standard InChI is InChI=1S/C18H28N2O2/c1-18(8-9-19-12-18)13-20(15-4-5-15)11-14-10-16(21-2)6-7-17(14)22-3/h6-7,10,15,19H,4-5,8-9,11-13H2,1-3H3. The molecule has 1 atom stereocenters. The molecule has 0 aromatic heterocycles. The van der Waals surface area contributed by atoms with E-state index in [4.69, 9.17) is 9.47 Å². The quantitative estimate of drug-likeness (QED) is 0.840. The summed E-state index contributed by atoms with van der Waals surface area (Å²) in [6.07, 6.45) is 3.93. The van der Waals surface area contributed by atoms with Crippen molar-refractivity contribution < 1.29 is 9.47 Å². The Morgan fingerprint density at radius 1 is 1.27 bits per heavy atom. The lowest BCUT2D eigenvalue weighted by atomic mass is 9.89. The maximum atomic E-state index is 5.55. The third kappa shape index (κ3) is 3.55. The van der Waals surface area contributed by atoms with Gasteiger partial charge in [0, 0.05) is 31.2 Å². The molecule has 1 N–H and O–H groups in total. The van der Waals surface area contributed by atoms with Gasteiger partial charge in [0.2, 0.25) is 0 Å². The largest absolute Gasteiger partial charge is 0.497 e. The molecular weight excluding hydrogens is 276 g/mol. The number of methoxy groups -OCH3 is 2. The van der Waals surface area contributed by atoms with Crippen LogP contribution in [-0.4, -0.2) is 44.8 Å². The number of nitrogens with one attached hydrogen (secondary N) is 1. The zero-order valence-electron chi connectivity index (χ0n) is 14.0. The van der Waals surface area contributed by atoms with Crippen molar-refractivity contribution in [3.8, 4) is 11.5 Å². The van der Waals surface area contributed by atoms with E-state index in [-0.39, 0.29) is 0 Å². The zero-order valence-corrected chi connectivity index (χ0v) is 14.0. The van der Waals surface area contributed by atoms with Gasteiger partial charge in [-0.25, -0.2) is 0 Å². The SMILES string of the molecule is COc1ccc(OC)c(CN(CC2(C)CCNC2)C2CC2)c1. The van der Waals surface area contributed by atoms with Crippen molar-refractivity contribution in [3.63, 3.8) is 0 Å². The van der Waals surface area contributed by atoms with Crippen LogP contribution in [0.5, 0.6) is 11.5 Å². The highest BCUT2D eigenvalue weighted by molar-refractivity contribution is 5.40. The van der Waals surface area contributed by atoms with Crippen LogP contribution < -0.4 is 14.8 Å². The van der Waals surface area contributed by atoms with Crippen LogP contribution in [0, 0.1) is 5.41 Å². The number of rotatable bonds is 7. The summed E-state index contributed by atoms with van der Waals surface area (Å²) in [5.74, 6) is 1.86. The lowest BCUT2D eigenvalue weighted by Gasteiger charge is -2.32. The predicted octanol–water partition coefficient (Wildman–Crippen LogP) is 2.67. The van der Waals surface area contributed by atoms with Gasteiger partial charge in [0.05, 0.1) is 14.2 Å². The minimum absolute atomic E-state index is 0.398. The predicted molar refractivity (Wildman–Crippen MR) is 88.6 cm³/mol. The van der Waals surface area contributed by atoms with Gasteiger partial charge in [-0.05, 0) is 49.4 Å². The van der Waals surface area contributed by atoms with E-state index in [1.165, 1.54) is 24.8 Å². The van der Waals surface area contributed by atoms with E-state index in [0.29, 0.717) is 5.41 Å². The summed E-state index contributed by atoms with van der Waals surface area (Å²) in [6, 6.07) is 6.83. The molecule has 0 bridgehead atoms. The third-order valence-corrected chi connectivity index (χ3v) is 4.97. The molecule has 1 aliphatic carbocycles. The Balaban J connectivity index is 1.76. The summed E-state index contributed by atoms with van der Waals surface area (Å²) in [4.78, 5) is 2.64. The van der Waals surface area contributed by atoms with E-state index in [1.54, 1.807) is 14.2 Å². The van der Waals surface area contributed by atoms with Gasteiger partial charge in [-0.1, -0.05) is 6.92 Å². The first kappa shape index (κ1) is 15.6. The third-order valence-electron chi connectivity index (χ3n) is 4.97. The van der Waals surface area contributed by atoms with Crippen LogP contribution in [0.1, 0.15) is 31.7 Å². The fourth-order valence-electron chi connectivity index (χ4n) is 3.47. The molecule has 1 heterocycles. The van der Waals surface area contributed by atoms with Crippen LogP contribution in [0.15, 0.2) is 18.2 Å². The van der Waals surface area contributed by atoms with Gasteiger partial charge in [0.1, 0.15) is 11.5 Å². The minimum atomic E-state index is 0.398. The van der Waals surface area contributed by atoms with Gasteiger partial charge in [-0.15, -0.1) is 0 Å². The smallest absolute Gasteiger partial charge is 0.123 e. The van der Waals surface area contributed by atoms with E-state index in [0.717, 1.165) is 43.7 Å². The van der Waals surface area contributed by atoms with Crippen LogP contribution in [0.25, 0.3) is 0 Å². The lowest BCUT2D eigenvalue weighted by Crippen LogP contribution is -2.38. The number of hydrogen-bond acceptors (Lipinski definition) is 4. The first-order valence-electron chi connectivity index (χ1n) is 8.29. The van der Waals surface area contributed by atoms with E-state index in [9.17, 15) is 0 Å². The summed E-state index contributed by atoms with van der Waals surface area (Å²) < 4.78 is 10.9. The number of hydrogen-bond donors (Lipinski definition) is 1. The summed E-state index contributed by atoms with van der Waals surface area (Å²) in [5.41, 5.74) is 1.62. The Bertz CT molecular complexity index is 508. The molecule has 1 aromatic carbocycles. The van der Waals surface area contributed by atoms with Crippen molar-refractivity contribution in [2.75, 3.05) is 33.9 Å². The molecule has 0 spiro atoms. The minimum Gasteiger partial charge on any atom is -0.497 e. The highest BCUT2D eigenvalue weighted by atomic mass is 16.5. The molecule has 1 aliphatic heterocycles. The van der Waals surface area contributed by atoms with Crippen molar-refractivity contribution in [2.45, 2.75) is 38.8 Å². The molecule has 1 saturated heterocycles. The highest BCUT2D eigenvalue weighted by Gasteiger charge is 2.36. The molecule has 0 amide bonds. The molecule has 3 rings (SSSR count). The van der Waals surface area contributed by atoms with Crippen molar-refractivity contribution >= 4 is 0 Å². The summed E-state index contributed by atoms with van der Waals surface area (Å²) in [5, 5.41) is 3.51. The molecule has 22 heavy (non-hydrogen) atoms. The fourth-order valence-corrected chi connectivity index (χ4v) is 3.47. The normalized spacial score (nSPS) is 24.7. The summed E-state index contributed by atoms with van der Waals surface area (Å²) in [6.45, 7) is 6.79. The molecule has 122 valence electrons. The van der Waals surface area contributed by atoms with E-state index < -0.39 is 0 Å². The summed E-state index contributed by atoms with van der Waals surface area (Å²) in [7, 11) is 3.46. The van der Waals surface area contributed by atoms with Crippen molar-refractivity contribution in [1.29, 1.82) is 0 Å². The molecule has 1 unspecified atom stereocenters. The van der Waals surface area contributed by atoms with Crippen LogP contribution in [0.2, 0.25) is 0 Å². The second-order valence-corrected chi connectivity index (χ2v) is 7.05. The van der Waals surface area contributed by atoms with Gasteiger partial charge in [0.15, 0.2) is 0 Å². The first-order chi connectivity index (χ1) is 10.6. The van der Waals surface area contributed by atoms with Gasteiger partial charge in [0.25, 0.3) is 0 Å². The van der Waals surface area contributed by atoms with Crippen molar-refractivity contribution in [1.82, 2.24) is 10.2 Å². The Labute approximate surface area is 133 Å². The molecule has 1 aromatic rings. The van der Waals surface area contributed by atoms with Crippen molar-refractivity contribution in [3.05, 3.63) is 23.8 Å². The van der Waals surface area contributed by atoms with E-state index >= 15 is 0 Å². The maximum absolute atomic E-state index is 5.55. The van der Waals surface area contributed by atoms with Gasteiger partial charge >= 0.3 is 0 Å². The number of benzene rings is 1. The Morgan fingerprint density at radius 2 is 2.09 bits per heavy atom. The first-order valence-corrected chi connectivity index (χ1v) is 8.29. The van der Waals surface area contributed by atoms with Gasteiger partial charge < -0.3 is 14.8 Å². The van der Waals surface area contributed by atoms with Crippen LogP contribution in [-0.2, 0) is 6.54 Å². The number of ether oxygens (including phenoxy) is 2. The molecule has 0 radical (unpaired) electrons. The fraction of sp³-hybridized carbons (Fsp3) is 0.667. The Morgan fingerprint density at radius 3 is 2.68 bits per heavy atom. The molecule has 1 saturated carbocycles. The average Bonchev–Trinajstić information content (AvgIpc) is 3.29. The van der Waals surface area contributed by atoms with E-state index in [1.807, 2.05) is 12.1 Å². The molecule has 4 nitrogen and oxygen atoms in total. The molecule has 2 fully saturated rings. The van der Waals surface area contributed by atoms with E-state index in [2.05, 4.69) is 23.2 Å². The lowest BCUT2D eigenvalue weighted by molar-refractivity contribution is 0.161. The highest BCUT2D eigenvalue weighted by Crippen LogP contribution is 2.36. The van der Waals surface area contributed by atoms with Crippen LogP contribution >= 0.6 is 0 Å². The molecule has 4 heteroatoms. The Kier molecular flexibility index (Phi) is 4.59. The second kappa shape index (κ2) is 6.47. The van der Waals surface area contributed by atoms with Crippen molar-refractivity contribution in [2.24, 2.45) is 5.41 Å². The maximum Gasteiger partial charge on any atom is 0.123 e. The van der Waals surface area contributed by atoms with Crippen LogP contribution in [0.3, 0.4) is 0 Å². The summed E-state index contributed by atoms with van der Waals surface area (Å²) >= 11 is 0. The number of nitrogens with zero attached hydrogens (tertiary/aromatic N) is 1. The molecule has 2 aliphatic rings. The average molecular weight is 304 g/mol. The topological polar surface area (TPSA) is 33.7 Å². The zero-order chi connectivity index (χ0) is 15.6. The van der Waals surface area contributed by atoms with Gasteiger partial charge in [-0.3, -0.25) is 4.90 Å². The van der Waals surface area contributed by atoms with Crippen LogP contribution in [0.4, 0.5) is 0 Å². The molecular formula is C18H28N2O2. The second-order valence-electron chi connectivity index (χ2n) is 7.05. The Hall–Kier alpha value is -1.26. The monoisotopic (exact) mass is 304 g/mol.